The molecule has 6 heteroatoms. The maximum atomic E-state index is 11.7. The fourth-order valence-electron chi connectivity index (χ4n) is 1.79. The highest BCUT2D eigenvalue weighted by Gasteiger charge is 2.37. The van der Waals surface area contributed by atoms with Crippen LogP contribution in [0.3, 0.4) is 0 Å². The van der Waals surface area contributed by atoms with E-state index in [4.69, 9.17) is 9.84 Å². The average Bonchev–Trinajstić information content (AvgIpc) is 3.21. The van der Waals surface area contributed by atoms with Gasteiger partial charge < -0.3 is 20.5 Å². The third-order valence-corrected chi connectivity index (χ3v) is 2.99. The van der Waals surface area contributed by atoms with Crippen molar-refractivity contribution in [2.24, 2.45) is 5.92 Å². The lowest BCUT2D eigenvalue weighted by Gasteiger charge is -2.14. The molecule has 1 aliphatic rings. The summed E-state index contributed by atoms with van der Waals surface area (Å²) in [4.78, 5) is 22.7. The van der Waals surface area contributed by atoms with Gasteiger partial charge in [0, 0.05) is 5.69 Å². The Kier molecular flexibility index (Phi) is 3.89. The number of anilines is 1. The molecule has 0 spiro atoms. The molecule has 1 atom stereocenters. The number of aliphatic carboxylic acids is 1. The standard InChI is InChI=1S/C13H16N2O4/c1-19-10-6-4-9(5-7-10)14-13(18)15-11(12(16)17)8-2-3-8/h4-8,11H,2-3H2,1H3,(H,16,17)(H2,14,15,18). The summed E-state index contributed by atoms with van der Waals surface area (Å²) in [5.41, 5.74) is 0.582. The highest BCUT2D eigenvalue weighted by Crippen LogP contribution is 2.32. The molecule has 0 aromatic heterocycles. The number of ether oxygens (including phenoxy) is 1. The molecular formula is C13H16N2O4. The first-order chi connectivity index (χ1) is 9.10. The van der Waals surface area contributed by atoms with E-state index in [1.165, 1.54) is 0 Å². The zero-order valence-electron chi connectivity index (χ0n) is 10.6. The van der Waals surface area contributed by atoms with Crippen LogP contribution in [0.4, 0.5) is 10.5 Å². The number of carbonyl (C=O) groups excluding carboxylic acids is 1. The number of carboxylic acids is 1. The van der Waals surface area contributed by atoms with Crippen LogP contribution in [0.2, 0.25) is 0 Å². The van der Waals surface area contributed by atoms with Crippen LogP contribution in [0.25, 0.3) is 0 Å². The zero-order chi connectivity index (χ0) is 13.8. The van der Waals surface area contributed by atoms with Gasteiger partial charge in [0.25, 0.3) is 0 Å². The second-order valence-corrected chi connectivity index (χ2v) is 4.48. The molecule has 102 valence electrons. The Labute approximate surface area is 110 Å². The van der Waals surface area contributed by atoms with Crippen molar-refractivity contribution in [3.05, 3.63) is 24.3 Å². The first-order valence-corrected chi connectivity index (χ1v) is 6.04. The Morgan fingerprint density at radius 3 is 2.42 bits per heavy atom. The maximum Gasteiger partial charge on any atom is 0.326 e. The van der Waals surface area contributed by atoms with Gasteiger partial charge in [-0.1, -0.05) is 0 Å². The number of amides is 2. The van der Waals surface area contributed by atoms with Crippen LogP contribution in [0.15, 0.2) is 24.3 Å². The number of benzene rings is 1. The SMILES string of the molecule is COc1ccc(NC(=O)NC(C(=O)O)C2CC2)cc1. The normalized spacial score (nSPS) is 15.4. The van der Waals surface area contributed by atoms with Crippen LogP contribution in [0.5, 0.6) is 5.75 Å². The lowest BCUT2D eigenvalue weighted by Crippen LogP contribution is -2.44. The van der Waals surface area contributed by atoms with Gasteiger partial charge in [-0.25, -0.2) is 9.59 Å². The average molecular weight is 264 g/mol. The van der Waals surface area contributed by atoms with Crippen LogP contribution in [-0.2, 0) is 4.79 Å². The number of carboxylic acid groups (broad SMARTS) is 1. The maximum absolute atomic E-state index is 11.7. The molecule has 1 aromatic rings. The molecule has 3 N–H and O–H groups in total. The fourth-order valence-corrected chi connectivity index (χ4v) is 1.79. The molecular weight excluding hydrogens is 248 g/mol. The van der Waals surface area contributed by atoms with Crippen molar-refractivity contribution >= 4 is 17.7 Å². The van der Waals surface area contributed by atoms with Crippen LogP contribution in [0, 0.1) is 5.92 Å². The second-order valence-electron chi connectivity index (χ2n) is 4.48. The molecule has 0 bridgehead atoms. The highest BCUT2D eigenvalue weighted by atomic mass is 16.5. The summed E-state index contributed by atoms with van der Waals surface area (Å²) in [7, 11) is 1.56. The van der Waals surface area contributed by atoms with Gasteiger partial charge in [-0.05, 0) is 43.0 Å². The topological polar surface area (TPSA) is 87.7 Å². The minimum atomic E-state index is -0.993. The van der Waals surface area contributed by atoms with Gasteiger partial charge in [-0.3, -0.25) is 0 Å². The van der Waals surface area contributed by atoms with Crippen molar-refractivity contribution in [1.29, 1.82) is 0 Å². The summed E-state index contributed by atoms with van der Waals surface area (Å²) in [5, 5.41) is 14.1. The number of hydrogen-bond acceptors (Lipinski definition) is 3. The van der Waals surface area contributed by atoms with E-state index < -0.39 is 18.0 Å². The Morgan fingerprint density at radius 2 is 1.95 bits per heavy atom. The largest absolute Gasteiger partial charge is 0.497 e. The van der Waals surface area contributed by atoms with Crippen LogP contribution < -0.4 is 15.4 Å². The van der Waals surface area contributed by atoms with E-state index in [1.807, 2.05) is 0 Å². The van der Waals surface area contributed by atoms with Crippen LogP contribution >= 0.6 is 0 Å². The third kappa shape index (κ3) is 3.61. The van der Waals surface area contributed by atoms with Crippen molar-refractivity contribution < 1.29 is 19.4 Å². The molecule has 1 aromatic carbocycles. The Hall–Kier alpha value is -2.24. The molecule has 0 radical (unpaired) electrons. The Morgan fingerprint density at radius 1 is 1.32 bits per heavy atom. The number of rotatable bonds is 5. The van der Waals surface area contributed by atoms with Gasteiger partial charge in [-0.15, -0.1) is 0 Å². The molecule has 2 amide bonds. The summed E-state index contributed by atoms with van der Waals surface area (Å²) in [6.45, 7) is 0. The first-order valence-electron chi connectivity index (χ1n) is 6.04. The van der Waals surface area contributed by atoms with Crippen molar-refractivity contribution in [3.63, 3.8) is 0 Å². The van der Waals surface area contributed by atoms with Crippen molar-refractivity contribution in [2.45, 2.75) is 18.9 Å². The van der Waals surface area contributed by atoms with Crippen molar-refractivity contribution in [2.75, 3.05) is 12.4 Å². The summed E-state index contributed by atoms with van der Waals surface area (Å²) in [6.07, 6.45) is 1.69. The molecule has 0 heterocycles. The summed E-state index contributed by atoms with van der Waals surface area (Å²) in [6, 6.07) is 5.48. The smallest absolute Gasteiger partial charge is 0.326 e. The molecule has 6 nitrogen and oxygen atoms in total. The summed E-state index contributed by atoms with van der Waals surface area (Å²) in [5.74, 6) is -0.251. The number of methoxy groups -OCH3 is 1. The number of urea groups is 1. The van der Waals surface area contributed by atoms with Gasteiger partial charge in [-0.2, -0.15) is 0 Å². The Balaban J connectivity index is 1.90. The number of hydrogen-bond donors (Lipinski definition) is 3. The third-order valence-electron chi connectivity index (χ3n) is 2.99. The highest BCUT2D eigenvalue weighted by molar-refractivity contribution is 5.92. The molecule has 2 rings (SSSR count). The van der Waals surface area contributed by atoms with E-state index in [1.54, 1.807) is 31.4 Å². The lowest BCUT2D eigenvalue weighted by atomic mass is 10.2. The monoisotopic (exact) mass is 264 g/mol. The predicted octanol–water partition coefficient (Wildman–Crippen LogP) is 1.68. The quantitative estimate of drug-likeness (QED) is 0.755. The van der Waals surface area contributed by atoms with Gasteiger partial charge >= 0.3 is 12.0 Å². The zero-order valence-corrected chi connectivity index (χ0v) is 10.6. The van der Waals surface area contributed by atoms with Gasteiger partial charge in [0.2, 0.25) is 0 Å². The van der Waals surface area contributed by atoms with E-state index in [0.717, 1.165) is 12.8 Å². The molecule has 1 unspecified atom stereocenters. The Bertz CT molecular complexity index is 468. The van der Waals surface area contributed by atoms with E-state index in [9.17, 15) is 9.59 Å². The van der Waals surface area contributed by atoms with Gasteiger partial charge in [0.15, 0.2) is 0 Å². The van der Waals surface area contributed by atoms with E-state index >= 15 is 0 Å². The van der Waals surface area contributed by atoms with Crippen molar-refractivity contribution in [1.82, 2.24) is 5.32 Å². The molecule has 1 fully saturated rings. The minimum absolute atomic E-state index is 0.0547. The van der Waals surface area contributed by atoms with E-state index in [0.29, 0.717) is 11.4 Å². The molecule has 1 saturated carbocycles. The molecule has 0 saturated heterocycles. The van der Waals surface area contributed by atoms with E-state index in [-0.39, 0.29) is 5.92 Å². The van der Waals surface area contributed by atoms with Gasteiger partial charge in [0.05, 0.1) is 7.11 Å². The number of carbonyl (C=O) groups is 2. The van der Waals surface area contributed by atoms with Crippen LogP contribution in [-0.4, -0.2) is 30.3 Å². The molecule has 0 aliphatic heterocycles. The lowest BCUT2D eigenvalue weighted by molar-refractivity contribution is -0.139. The second kappa shape index (κ2) is 5.60. The minimum Gasteiger partial charge on any atom is -0.497 e. The molecule has 1 aliphatic carbocycles. The summed E-state index contributed by atoms with van der Waals surface area (Å²) >= 11 is 0. The predicted molar refractivity (Wildman–Crippen MR) is 69.3 cm³/mol. The first kappa shape index (κ1) is 13.2. The fraction of sp³-hybridized carbons (Fsp3) is 0.385. The van der Waals surface area contributed by atoms with Gasteiger partial charge in [0.1, 0.15) is 11.8 Å². The van der Waals surface area contributed by atoms with E-state index in [2.05, 4.69) is 10.6 Å². The van der Waals surface area contributed by atoms with Crippen LogP contribution in [0.1, 0.15) is 12.8 Å². The van der Waals surface area contributed by atoms with Crippen molar-refractivity contribution in [3.8, 4) is 5.75 Å². The molecule has 19 heavy (non-hydrogen) atoms. The summed E-state index contributed by atoms with van der Waals surface area (Å²) < 4.78 is 5.00. The number of nitrogens with one attached hydrogen (secondary N) is 2.